The molecular weight excluding hydrogens is 272 g/mol. The summed E-state index contributed by atoms with van der Waals surface area (Å²) in [6.45, 7) is 7.74. The zero-order valence-corrected chi connectivity index (χ0v) is 13.2. The topological polar surface area (TPSA) is 75.8 Å². The first-order chi connectivity index (χ1) is 10.2. The second kappa shape index (κ2) is 10.5. The van der Waals surface area contributed by atoms with E-state index in [1.54, 1.807) is 13.3 Å². The SMILES string of the molecule is COCCOCCOCCOCc1ncc(C)c(N)c1C. The number of nitrogen functional groups attached to an aromatic ring is 1. The molecule has 0 saturated carbocycles. The molecule has 6 heteroatoms. The molecule has 1 heterocycles. The van der Waals surface area contributed by atoms with Crippen LogP contribution in [0.3, 0.4) is 0 Å². The van der Waals surface area contributed by atoms with Crippen LogP contribution in [0.2, 0.25) is 0 Å². The summed E-state index contributed by atoms with van der Waals surface area (Å²) >= 11 is 0. The van der Waals surface area contributed by atoms with Crippen molar-refractivity contribution in [1.82, 2.24) is 4.98 Å². The molecule has 0 amide bonds. The third kappa shape index (κ3) is 6.86. The van der Waals surface area contributed by atoms with Crippen LogP contribution in [0.5, 0.6) is 0 Å². The highest BCUT2D eigenvalue weighted by Gasteiger charge is 2.05. The van der Waals surface area contributed by atoms with Crippen LogP contribution in [-0.2, 0) is 25.6 Å². The van der Waals surface area contributed by atoms with Gasteiger partial charge in [-0.3, -0.25) is 4.98 Å². The molecule has 6 nitrogen and oxygen atoms in total. The van der Waals surface area contributed by atoms with Crippen LogP contribution in [0, 0.1) is 13.8 Å². The van der Waals surface area contributed by atoms with Gasteiger partial charge in [0.15, 0.2) is 0 Å². The van der Waals surface area contributed by atoms with Crippen molar-refractivity contribution in [2.24, 2.45) is 0 Å². The van der Waals surface area contributed by atoms with E-state index in [1.165, 1.54) is 0 Å². The molecule has 1 rings (SSSR count). The van der Waals surface area contributed by atoms with Crippen LogP contribution in [0.1, 0.15) is 16.8 Å². The molecule has 21 heavy (non-hydrogen) atoms. The van der Waals surface area contributed by atoms with E-state index in [9.17, 15) is 0 Å². The number of anilines is 1. The number of rotatable bonds is 11. The standard InChI is InChI=1S/C15H26N2O4/c1-12-10-17-14(13(2)15(12)16)11-21-9-8-20-7-6-19-5-4-18-3/h10H,4-9,11H2,1-3H3,(H2,16,17). The van der Waals surface area contributed by atoms with E-state index in [4.69, 9.17) is 24.7 Å². The smallest absolute Gasteiger partial charge is 0.0892 e. The van der Waals surface area contributed by atoms with Gasteiger partial charge in [-0.05, 0) is 25.0 Å². The van der Waals surface area contributed by atoms with Gasteiger partial charge >= 0.3 is 0 Å². The van der Waals surface area contributed by atoms with Crippen molar-refractivity contribution in [2.45, 2.75) is 20.5 Å². The zero-order valence-electron chi connectivity index (χ0n) is 13.2. The second-order valence-electron chi connectivity index (χ2n) is 4.70. The molecule has 0 aliphatic rings. The highest BCUT2D eigenvalue weighted by Crippen LogP contribution is 2.18. The normalized spacial score (nSPS) is 11.0. The van der Waals surface area contributed by atoms with E-state index in [0.29, 0.717) is 46.2 Å². The van der Waals surface area contributed by atoms with Crippen molar-refractivity contribution in [3.63, 3.8) is 0 Å². The summed E-state index contributed by atoms with van der Waals surface area (Å²) in [7, 11) is 1.65. The Kier molecular flexibility index (Phi) is 8.93. The van der Waals surface area contributed by atoms with Crippen LogP contribution in [0.25, 0.3) is 0 Å². The molecule has 0 spiro atoms. The molecule has 0 unspecified atom stereocenters. The van der Waals surface area contributed by atoms with E-state index >= 15 is 0 Å². The van der Waals surface area contributed by atoms with Crippen molar-refractivity contribution in [2.75, 3.05) is 52.5 Å². The number of pyridine rings is 1. The van der Waals surface area contributed by atoms with Gasteiger partial charge in [-0.25, -0.2) is 0 Å². The number of nitrogens with two attached hydrogens (primary N) is 1. The predicted molar refractivity (Wildman–Crippen MR) is 81.3 cm³/mol. The van der Waals surface area contributed by atoms with Crippen LogP contribution >= 0.6 is 0 Å². The molecular formula is C15H26N2O4. The fourth-order valence-corrected chi connectivity index (χ4v) is 1.69. The number of hydrogen-bond acceptors (Lipinski definition) is 6. The summed E-state index contributed by atoms with van der Waals surface area (Å²) < 4.78 is 21.1. The highest BCUT2D eigenvalue weighted by atomic mass is 16.6. The molecule has 0 aliphatic heterocycles. The Morgan fingerprint density at radius 3 is 2.14 bits per heavy atom. The van der Waals surface area contributed by atoms with Crippen molar-refractivity contribution >= 4 is 5.69 Å². The molecule has 0 aromatic carbocycles. The Morgan fingerprint density at radius 2 is 1.52 bits per heavy atom. The Bertz CT molecular complexity index is 413. The number of ether oxygens (including phenoxy) is 4. The maximum atomic E-state index is 5.96. The highest BCUT2D eigenvalue weighted by molar-refractivity contribution is 5.53. The molecule has 0 fully saturated rings. The largest absolute Gasteiger partial charge is 0.398 e. The number of hydrogen-bond donors (Lipinski definition) is 1. The fourth-order valence-electron chi connectivity index (χ4n) is 1.69. The zero-order chi connectivity index (χ0) is 15.5. The fraction of sp³-hybridized carbons (Fsp3) is 0.667. The first-order valence-corrected chi connectivity index (χ1v) is 7.09. The molecule has 0 radical (unpaired) electrons. The Balaban J connectivity index is 2.06. The van der Waals surface area contributed by atoms with Gasteiger partial charge in [0, 0.05) is 19.0 Å². The molecule has 0 bridgehead atoms. The lowest BCUT2D eigenvalue weighted by atomic mass is 10.1. The minimum atomic E-state index is 0.448. The van der Waals surface area contributed by atoms with Gasteiger partial charge in [0.25, 0.3) is 0 Å². The maximum absolute atomic E-state index is 5.96. The monoisotopic (exact) mass is 298 g/mol. The van der Waals surface area contributed by atoms with E-state index in [-0.39, 0.29) is 0 Å². The number of nitrogens with zero attached hydrogens (tertiary/aromatic N) is 1. The third-order valence-electron chi connectivity index (χ3n) is 3.09. The average molecular weight is 298 g/mol. The average Bonchev–Trinajstić information content (AvgIpc) is 2.49. The number of aryl methyl sites for hydroxylation is 1. The lowest BCUT2D eigenvalue weighted by molar-refractivity contribution is 0.000411. The maximum Gasteiger partial charge on any atom is 0.0892 e. The minimum absolute atomic E-state index is 0.448. The Morgan fingerprint density at radius 1 is 0.952 bits per heavy atom. The summed E-state index contributed by atoms with van der Waals surface area (Å²) in [5, 5.41) is 0. The summed E-state index contributed by atoms with van der Waals surface area (Å²) in [6, 6.07) is 0. The lowest BCUT2D eigenvalue weighted by Crippen LogP contribution is -2.12. The number of aromatic nitrogens is 1. The summed E-state index contributed by atoms with van der Waals surface area (Å²) in [6.07, 6.45) is 1.77. The van der Waals surface area contributed by atoms with Crippen LogP contribution in [0.4, 0.5) is 5.69 Å². The van der Waals surface area contributed by atoms with Crippen LogP contribution in [-0.4, -0.2) is 51.7 Å². The quantitative estimate of drug-likeness (QED) is 0.624. The van der Waals surface area contributed by atoms with Crippen molar-refractivity contribution < 1.29 is 18.9 Å². The predicted octanol–water partition coefficient (Wildman–Crippen LogP) is 1.48. The summed E-state index contributed by atoms with van der Waals surface area (Å²) in [4.78, 5) is 4.34. The van der Waals surface area contributed by atoms with Gasteiger partial charge in [-0.2, -0.15) is 0 Å². The van der Waals surface area contributed by atoms with Gasteiger partial charge in [0.1, 0.15) is 0 Å². The van der Waals surface area contributed by atoms with E-state index in [1.807, 2.05) is 13.8 Å². The van der Waals surface area contributed by atoms with Gasteiger partial charge in [0.05, 0.1) is 51.9 Å². The van der Waals surface area contributed by atoms with Gasteiger partial charge in [-0.1, -0.05) is 0 Å². The number of methoxy groups -OCH3 is 1. The Hall–Kier alpha value is -1.21. The van der Waals surface area contributed by atoms with Gasteiger partial charge in [-0.15, -0.1) is 0 Å². The third-order valence-corrected chi connectivity index (χ3v) is 3.09. The van der Waals surface area contributed by atoms with Crippen molar-refractivity contribution in [3.8, 4) is 0 Å². The van der Waals surface area contributed by atoms with E-state index in [2.05, 4.69) is 4.98 Å². The molecule has 2 N–H and O–H groups in total. The molecule has 1 aromatic heterocycles. The summed E-state index contributed by atoms with van der Waals surface area (Å²) in [5.74, 6) is 0. The molecule has 1 aromatic rings. The van der Waals surface area contributed by atoms with Gasteiger partial charge < -0.3 is 24.7 Å². The molecule has 0 atom stereocenters. The molecule has 0 saturated heterocycles. The van der Waals surface area contributed by atoms with Gasteiger partial charge in [0.2, 0.25) is 0 Å². The minimum Gasteiger partial charge on any atom is -0.398 e. The van der Waals surface area contributed by atoms with Crippen LogP contribution < -0.4 is 5.73 Å². The van der Waals surface area contributed by atoms with E-state index in [0.717, 1.165) is 22.5 Å². The second-order valence-corrected chi connectivity index (χ2v) is 4.70. The molecule has 120 valence electrons. The first-order valence-electron chi connectivity index (χ1n) is 7.09. The van der Waals surface area contributed by atoms with Crippen molar-refractivity contribution in [1.29, 1.82) is 0 Å². The summed E-state index contributed by atoms with van der Waals surface area (Å²) in [5.41, 5.74) is 9.60. The van der Waals surface area contributed by atoms with Crippen molar-refractivity contribution in [3.05, 3.63) is 23.0 Å². The van der Waals surface area contributed by atoms with Crippen LogP contribution in [0.15, 0.2) is 6.20 Å². The van der Waals surface area contributed by atoms with E-state index < -0.39 is 0 Å². The Labute approximate surface area is 126 Å². The lowest BCUT2D eigenvalue weighted by Gasteiger charge is -2.10. The molecule has 0 aliphatic carbocycles. The first kappa shape index (κ1) is 17.8.